The largest absolute Gasteiger partial charge is 0.506 e. The molecule has 0 saturated carbocycles. The molecule has 3 rings (SSSR count). The van der Waals surface area contributed by atoms with Crippen LogP contribution in [0.3, 0.4) is 0 Å². The molecule has 2 aromatic rings. The summed E-state index contributed by atoms with van der Waals surface area (Å²) in [4.78, 5) is 26.6. The average molecular weight is 402 g/mol. The SMILES string of the molecule is O=C(CN1CCC(C(=O)Nc2ccccc2O)CC1)NCc1ccccc1Cl. The van der Waals surface area contributed by atoms with Crippen molar-refractivity contribution in [3.63, 3.8) is 0 Å². The molecule has 0 spiro atoms. The summed E-state index contributed by atoms with van der Waals surface area (Å²) in [5.74, 6) is -0.216. The number of rotatable bonds is 6. The van der Waals surface area contributed by atoms with E-state index >= 15 is 0 Å². The number of carbonyl (C=O) groups excluding carboxylic acids is 2. The van der Waals surface area contributed by atoms with Crippen LogP contribution in [0.15, 0.2) is 48.5 Å². The first-order valence-corrected chi connectivity index (χ1v) is 9.72. The summed E-state index contributed by atoms with van der Waals surface area (Å²) in [5, 5.41) is 16.1. The van der Waals surface area contributed by atoms with E-state index < -0.39 is 0 Å². The van der Waals surface area contributed by atoms with E-state index in [1.165, 1.54) is 0 Å². The first kappa shape index (κ1) is 20.2. The van der Waals surface area contributed by atoms with E-state index in [2.05, 4.69) is 10.6 Å². The second kappa shape index (κ2) is 9.57. The fourth-order valence-corrected chi connectivity index (χ4v) is 3.46. The molecule has 148 valence electrons. The van der Waals surface area contributed by atoms with E-state index in [0.29, 0.717) is 49.7 Å². The van der Waals surface area contributed by atoms with Gasteiger partial charge in [-0.05, 0) is 49.7 Å². The van der Waals surface area contributed by atoms with Crippen molar-refractivity contribution in [1.82, 2.24) is 10.2 Å². The van der Waals surface area contributed by atoms with Crippen molar-refractivity contribution < 1.29 is 14.7 Å². The molecular formula is C21H24ClN3O3. The van der Waals surface area contributed by atoms with Gasteiger partial charge in [0.15, 0.2) is 0 Å². The Balaban J connectivity index is 1.41. The third kappa shape index (κ3) is 5.47. The van der Waals surface area contributed by atoms with Crippen LogP contribution in [-0.4, -0.2) is 41.5 Å². The second-order valence-electron chi connectivity index (χ2n) is 6.92. The van der Waals surface area contributed by atoms with Gasteiger partial charge in [-0.15, -0.1) is 0 Å². The average Bonchev–Trinajstić information content (AvgIpc) is 2.69. The first-order chi connectivity index (χ1) is 13.5. The summed E-state index contributed by atoms with van der Waals surface area (Å²) >= 11 is 6.10. The fraction of sp³-hybridized carbons (Fsp3) is 0.333. The van der Waals surface area contributed by atoms with E-state index in [9.17, 15) is 14.7 Å². The van der Waals surface area contributed by atoms with Crippen LogP contribution in [0, 0.1) is 5.92 Å². The normalized spacial score (nSPS) is 15.2. The highest BCUT2D eigenvalue weighted by Gasteiger charge is 2.26. The monoisotopic (exact) mass is 401 g/mol. The van der Waals surface area contributed by atoms with Gasteiger partial charge in [0.1, 0.15) is 5.75 Å². The maximum absolute atomic E-state index is 12.4. The van der Waals surface area contributed by atoms with Crippen molar-refractivity contribution in [3.05, 3.63) is 59.1 Å². The number of benzene rings is 2. The Bertz CT molecular complexity index is 835. The lowest BCUT2D eigenvalue weighted by Gasteiger charge is -2.30. The number of phenols is 1. The van der Waals surface area contributed by atoms with Crippen LogP contribution in [0.1, 0.15) is 18.4 Å². The van der Waals surface area contributed by atoms with Gasteiger partial charge in [0, 0.05) is 17.5 Å². The number of carbonyl (C=O) groups is 2. The molecular weight excluding hydrogens is 378 g/mol. The summed E-state index contributed by atoms with van der Waals surface area (Å²) in [5.41, 5.74) is 1.31. The zero-order valence-electron chi connectivity index (χ0n) is 15.5. The van der Waals surface area contributed by atoms with Crippen molar-refractivity contribution in [2.24, 2.45) is 5.92 Å². The molecule has 1 saturated heterocycles. The maximum atomic E-state index is 12.4. The van der Waals surface area contributed by atoms with Crippen molar-refractivity contribution >= 4 is 29.1 Å². The van der Waals surface area contributed by atoms with Crippen molar-refractivity contribution in [1.29, 1.82) is 0 Å². The van der Waals surface area contributed by atoms with Crippen LogP contribution in [-0.2, 0) is 16.1 Å². The molecule has 2 amide bonds. The Kier molecular flexibility index (Phi) is 6.90. The highest BCUT2D eigenvalue weighted by atomic mass is 35.5. The number of likely N-dealkylation sites (tertiary alicyclic amines) is 1. The summed E-state index contributed by atoms with van der Waals surface area (Å²) in [6.45, 7) is 2.06. The molecule has 0 bridgehead atoms. The Hall–Kier alpha value is -2.57. The summed E-state index contributed by atoms with van der Waals surface area (Å²) in [6.07, 6.45) is 1.36. The molecule has 1 heterocycles. The lowest BCUT2D eigenvalue weighted by Crippen LogP contribution is -2.43. The molecule has 6 nitrogen and oxygen atoms in total. The van der Waals surface area contributed by atoms with Crippen LogP contribution >= 0.6 is 11.6 Å². The number of anilines is 1. The van der Waals surface area contributed by atoms with Gasteiger partial charge in [-0.2, -0.15) is 0 Å². The molecule has 0 atom stereocenters. The lowest BCUT2D eigenvalue weighted by molar-refractivity contribution is -0.123. The van der Waals surface area contributed by atoms with E-state index in [-0.39, 0.29) is 23.5 Å². The number of aromatic hydroxyl groups is 1. The summed E-state index contributed by atoms with van der Waals surface area (Å²) in [7, 11) is 0. The number of amides is 2. The number of phenolic OH excluding ortho intramolecular Hbond substituents is 1. The Morgan fingerprint density at radius 1 is 1.07 bits per heavy atom. The molecule has 1 aliphatic heterocycles. The van der Waals surface area contributed by atoms with Gasteiger partial charge in [0.05, 0.1) is 12.2 Å². The minimum absolute atomic E-state index is 0.0583. The first-order valence-electron chi connectivity index (χ1n) is 9.34. The topological polar surface area (TPSA) is 81.7 Å². The highest BCUT2D eigenvalue weighted by molar-refractivity contribution is 6.31. The summed E-state index contributed by atoms with van der Waals surface area (Å²) < 4.78 is 0. The predicted molar refractivity (Wildman–Crippen MR) is 109 cm³/mol. The predicted octanol–water partition coefficient (Wildman–Crippen LogP) is 3.01. The number of para-hydroxylation sites is 2. The zero-order chi connectivity index (χ0) is 19.9. The van der Waals surface area contributed by atoms with Gasteiger partial charge in [0.2, 0.25) is 11.8 Å². The highest BCUT2D eigenvalue weighted by Crippen LogP contribution is 2.24. The molecule has 0 radical (unpaired) electrons. The van der Waals surface area contributed by atoms with Crippen molar-refractivity contribution in [3.8, 4) is 5.75 Å². The molecule has 3 N–H and O–H groups in total. The number of hydrogen-bond acceptors (Lipinski definition) is 4. The van der Waals surface area contributed by atoms with E-state index in [0.717, 1.165) is 5.56 Å². The standard InChI is InChI=1S/C21H24ClN3O3/c22-17-6-2-1-5-16(17)13-23-20(27)14-25-11-9-15(10-12-25)21(28)24-18-7-3-4-8-19(18)26/h1-8,15,26H,9-14H2,(H,23,27)(H,24,28). The van der Waals surface area contributed by atoms with Crippen molar-refractivity contribution in [2.45, 2.75) is 19.4 Å². The molecule has 28 heavy (non-hydrogen) atoms. The quantitative estimate of drug-likeness (QED) is 0.650. The number of piperidine rings is 1. The summed E-state index contributed by atoms with van der Waals surface area (Å²) in [6, 6.07) is 14.1. The number of halogens is 1. The molecule has 0 unspecified atom stereocenters. The van der Waals surface area contributed by atoms with Gasteiger partial charge in [0.25, 0.3) is 0 Å². The Morgan fingerprint density at radius 2 is 1.75 bits per heavy atom. The molecule has 7 heteroatoms. The third-order valence-corrected chi connectivity index (χ3v) is 5.29. The number of hydrogen-bond donors (Lipinski definition) is 3. The van der Waals surface area contributed by atoms with Crippen LogP contribution in [0.2, 0.25) is 5.02 Å². The molecule has 2 aromatic carbocycles. The molecule has 1 fully saturated rings. The van der Waals surface area contributed by atoms with Gasteiger partial charge < -0.3 is 15.7 Å². The van der Waals surface area contributed by atoms with E-state index in [1.54, 1.807) is 30.3 Å². The van der Waals surface area contributed by atoms with Crippen LogP contribution in [0.4, 0.5) is 5.69 Å². The number of nitrogens with zero attached hydrogens (tertiary/aromatic N) is 1. The van der Waals surface area contributed by atoms with E-state index in [1.807, 2.05) is 23.1 Å². The van der Waals surface area contributed by atoms with Gasteiger partial charge in [-0.25, -0.2) is 0 Å². The van der Waals surface area contributed by atoms with Gasteiger partial charge in [-0.1, -0.05) is 41.9 Å². The Labute approximate surface area is 169 Å². The van der Waals surface area contributed by atoms with Crippen LogP contribution in [0.25, 0.3) is 0 Å². The van der Waals surface area contributed by atoms with Gasteiger partial charge in [-0.3, -0.25) is 14.5 Å². The van der Waals surface area contributed by atoms with E-state index in [4.69, 9.17) is 11.6 Å². The molecule has 0 aromatic heterocycles. The zero-order valence-corrected chi connectivity index (χ0v) is 16.3. The van der Waals surface area contributed by atoms with Crippen molar-refractivity contribution in [2.75, 3.05) is 25.0 Å². The van der Waals surface area contributed by atoms with Gasteiger partial charge >= 0.3 is 0 Å². The smallest absolute Gasteiger partial charge is 0.234 e. The molecule has 1 aliphatic rings. The maximum Gasteiger partial charge on any atom is 0.234 e. The minimum Gasteiger partial charge on any atom is -0.506 e. The minimum atomic E-state index is -0.123. The van der Waals surface area contributed by atoms with Crippen LogP contribution < -0.4 is 10.6 Å². The second-order valence-corrected chi connectivity index (χ2v) is 7.33. The fourth-order valence-electron chi connectivity index (χ4n) is 3.26. The Morgan fingerprint density at radius 3 is 2.46 bits per heavy atom. The number of nitrogens with one attached hydrogen (secondary N) is 2. The lowest BCUT2D eigenvalue weighted by atomic mass is 9.95. The third-order valence-electron chi connectivity index (χ3n) is 4.92. The van der Waals surface area contributed by atoms with Crippen LogP contribution in [0.5, 0.6) is 5.75 Å². The molecule has 0 aliphatic carbocycles.